The normalized spacial score (nSPS) is 10.6. The summed E-state index contributed by atoms with van der Waals surface area (Å²) in [6, 6.07) is 12.4. The van der Waals surface area contributed by atoms with Gasteiger partial charge in [0, 0.05) is 11.6 Å². The highest BCUT2D eigenvalue weighted by atomic mass is 19.1. The van der Waals surface area contributed by atoms with E-state index in [0.717, 1.165) is 10.9 Å². The van der Waals surface area contributed by atoms with E-state index in [1.807, 2.05) is 37.3 Å². The topological polar surface area (TPSA) is 37.8 Å². The Balaban J connectivity index is 2.00. The Morgan fingerprint density at radius 2 is 1.95 bits per heavy atom. The van der Waals surface area contributed by atoms with Gasteiger partial charge in [-0.15, -0.1) is 0 Å². The van der Waals surface area contributed by atoms with Gasteiger partial charge < -0.3 is 5.32 Å². The number of hydrogen-bond donors (Lipinski definition) is 1. The second-order valence-electron chi connectivity index (χ2n) is 4.35. The summed E-state index contributed by atoms with van der Waals surface area (Å²) in [5, 5.41) is 3.86. The van der Waals surface area contributed by atoms with Crippen LogP contribution >= 0.6 is 0 Å². The summed E-state index contributed by atoms with van der Waals surface area (Å²) in [4.78, 5) is 8.47. The molecule has 0 saturated heterocycles. The van der Waals surface area contributed by atoms with Gasteiger partial charge in [0.05, 0.1) is 0 Å². The van der Waals surface area contributed by atoms with Crippen molar-refractivity contribution in [2.75, 3.05) is 5.32 Å². The summed E-state index contributed by atoms with van der Waals surface area (Å²) in [5.41, 5.74) is 1.46. The first-order chi connectivity index (χ1) is 9.22. The fraction of sp³-hybridized carbons (Fsp3) is 0.0667. The van der Waals surface area contributed by atoms with E-state index in [1.54, 1.807) is 12.3 Å². The number of aryl methyl sites for hydroxylation is 1. The second kappa shape index (κ2) is 4.65. The van der Waals surface area contributed by atoms with Crippen molar-refractivity contribution in [3.63, 3.8) is 0 Å². The molecule has 3 rings (SSSR count). The molecule has 0 atom stereocenters. The van der Waals surface area contributed by atoms with Crippen LogP contribution in [0.15, 0.2) is 48.7 Å². The molecule has 4 heteroatoms. The van der Waals surface area contributed by atoms with Crippen LogP contribution in [0.2, 0.25) is 0 Å². The van der Waals surface area contributed by atoms with E-state index in [2.05, 4.69) is 15.3 Å². The van der Waals surface area contributed by atoms with Gasteiger partial charge in [0.15, 0.2) is 0 Å². The van der Waals surface area contributed by atoms with Crippen LogP contribution < -0.4 is 5.32 Å². The van der Waals surface area contributed by atoms with Gasteiger partial charge in [-0.3, -0.25) is 0 Å². The maximum Gasteiger partial charge on any atom is 0.149 e. The SMILES string of the molecule is Cc1ccnc(Nc2ccc3cccc(F)c3n2)c1. The second-order valence-corrected chi connectivity index (χ2v) is 4.35. The smallest absolute Gasteiger partial charge is 0.149 e. The quantitative estimate of drug-likeness (QED) is 0.754. The van der Waals surface area contributed by atoms with Crippen LogP contribution in [0, 0.1) is 12.7 Å². The van der Waals surface area contributed by atoms with E-state index in [1.165, 1.54) is 6.07 Å². The fourth-order valence-electron chi connectivity index (χ4n) is 1.92. The Bertz CT molecular complexity index is 740. The number of rotatable bonds is 2. The Morgan fingerprint density at radius 1 is 1.05 bits per heavy atom. The molecule has 0 saturated carbocycles. The van der Waals surface area contributed by atoms with Gasteiger partial charge >= 0.3 is 0 Å². The van der Waals surface area contributed by atoms with Gasteiger partial charge in [-0.1, -0.05) is 12.1 Å². The molecule has 2 heterocycles. The highest BCUT2D eigenvalue weighted by Crippen LogP contribution is 2.20. The first kappa shape index (κ1) is 11.6. The first-order valence-corrected chi connectivity index (χ1v) is 5.97. The van der Waals surface area contributed by atoms with Gasteiger partial charge in [0.1, 0.15) is 23.0 Å². The monoisotopic (exact) mass is 253 g/mol. The van der Waals surface area contributed by atoms with Crippen LogP contribution in [0.5, 0.6) is 0 Å². The number of para-hydroxylation sites is 1. The zero-order valence-corrected chi connectivity index (χ0v) is 10.4. The van der Waals surface area contributed by atoms with Gasteiger partial charge in [-0.25, -0.2) is 14.4 Å². The average Bonchev–Trinajstić information content (AvgIpc) is 2.40. The molecule has 1 aromatic carbocycles. The largest absolute Gasteiger partial charge is 0.325 e. The van der Waals surface area contributed by atoms with Crippen LogP contribution in [0.25, 0.3) is 10.9 Å². The molecule has 19 heavy (non-hydrogen) atoms. The van der Waals surface area contributed by atoms with Crippen molar-refractivity contribution in [1.29, 1.82) is 0 Å². The lowest BCUT2D eigenvalue weighted by Gasteiger charge is -2.06. The minimum Gasteiger partial charge on any atom is -0.325 e. The van der Waals surface area contributed by atoms with Gasteiger partial charge in [0.2, 0.25) is 0 Å². The maximum absolute atomic E-state index is 13.7. The predicted octanol–water partition coefficient (Wildman–Crippen LogP) is 3.82. The summed E-state index contributed by atoms with van der Waals surface area (Å²) < 4.78 is 13.7. The van der Waals surface area contributed by atoms with Crippen LogP contribution in [0.3, 0.4) is 0 Å². The molecule has 0 bridgehead atoms. The molecule has 2 aromatic heterocycles. The molecular formula is C15H12FN3. The minimum atomic E-state index is -0.321. The van der Waals surface area contributed by atoms with E-state index in [-0.39, 0.29) is 5.82 Å². The third-order valence-corrected chi connectivity index (χ3v) is 2.84. The number of nitrogens with zero attached hydrogens (tertiary/aromatic N) is 2. The molecule has 0 amide bonds. The Morgan fingerprint density at radius 3 is 2.79 bits per heavy atom. The molecule has 94 valence electrons. The van der Waals surface area contributed by atoms with E-state index < -0.39 is 0 Å². The minimum absolute atomic E-state index is 0.321. The lowest BCUT2D eigenvalue weighted by molar-refractivity contribution is 0.637. The van der Waals surface area contributed by atoms with Crippen LogP contribution in [-0.4, -0.2) is 9.97 Å². The van der Waals surface area contributed by atoms with Gasteiger partial charge in [-0.2, -0.15) is 0 Å². The van der Waals surface area contributed by atoms with E-state index in [0.29, 0.717) is 17.2 Å². The van der Waals surface area contributed by atoms with Crippen LogP contribution in [-0.2, 0) is 0 Å². The van der Waals surface area contributed by atoms with Crippen molar-refractivity contribution in [3.05, 3.63) is 60.0 Å². The zero-order valence-electron chi connectivity index (χ0n) is 10.4. The predicted molar refractivity (Wildman–Crippen MR) is 74.0 cm³/mol. The van der Waals surface area contributed by atoms with Crippen molar-refractivity contribution in [2.45, 2.75) is 6.92 Å². The molecule has 0 aliphatic carbocycles. The third-order valence-electron chi connectivity index (χ3n) is 2.84. The lowest BCUT2D eigenvalue weighted by atomic mass is 10.2. The molecule has 0 fully saturated rings. The van der Waals surface area contributed by atoms with E-state index >= 15 is 0 Å². The zero-order chi connectivity index (χ0) is 13.2. The van der Waals surface area contributed by atoms with Crippen LogP contribution in [0.1, 0.15) is 5.56 Å². The Hall–Kier alpha value is -2.49. The van der Waals surface area contributed by atoms with Crippen molar-refractivity contribution < 1.29 is 4.39 Å². The van der Waals surface area contributed by atoms with Crippen molar-refractivity contribution in [1.82, 2.24) is 9.97 Å². The number of pyridine rings is 2. The van der Waals surface area contributed by atoms with E-state index in [9.17, 15) is 4.39 Å². The summed E-state index contributed by atoms with van der Waals surface area (Å²) >= 11 is 0. The molecule has 1 N–H and O–H groups in total. The molecule has 0 spiro atoms. The number of benzene rings is 1. The molecule has 3 aromatic rings. The number of hydrogen-bond acceptors (Lipinski definition) is 3. The van der Waals surface area contributed by atoms with Crippen molar-refractivity contribution in [2.24, 2.45) is 0 Å². The molecular weight excluding hydrogens is 241 g/mol. The number of halogens is 1. The fourth-order valence-corrected chi connectivity index (χ4v) is 1.92. The van der Waals surface area contributed by atoms with Crippen LogP contribution in [0.4, 0.5) is 16.0 Å². The standard InChI is InChI=1S/C15H12FN3/c1-10-7-8-17-14(9-10)18-13-6-5-11-3-2-4-12(16)15(11)19-13/h2-9H,1H3,(H,17,18,19). The summed E-state index contributed by atoms with van der Waals surface area (Å²) in [7, 11) is 0. The summed E-state index contributed by atoms with van der Waals surface area (Å²) in [5.74, 6) is 0.956. The molecule has 0 radical (unpaired) electrons. The summed E-state index contributed by atoms with van der Waals surface area (Å²) in [6.45, 7) is 1.99. The molecule has 0 unspecified atom stereocenters. The maximum atomic E-state index is 13.7. The average molecular weight is 253 g/mol. The highest BCUT2D eigenvalue weighted by Gasteiger charge is 2.04. The Labute approximate surface area is 110 Å². The lowest BCUT2D eigenvalue weighted by Crippen LogP contribution is -1.97. The van der Waals surface area contributed by atoms with Crippen molar-refractivity contribution >= 4 is 22.5 Å². The number of fused-ring (bicyclic) bond motifs is 1. The van der Waals surface area contributed by atoms with Gasteiger partial charge in [0.25, 0.3) is 0 Å². The van der Waals surface area contributed by atoms with Crippen molar-refractivity contribution in [3.8, 4) is 0 Å². The molecule has 0 aliphatic rings. The van der Waals surface area contributed by atoms with E-state index in [4.69, 9.17) is 0 Å². The first-order valence-electron chi connectivity index (χ1n) is 5.97. The Kier molecular flexibility index (Phi) is 2.83. The number of anilines is 2. The molecule has 3 nitrogen and oxygen atoms in total. The van der Waals surface area contributed by atoms with Gasteiger partial charge in [-0.05, 0) is 42.8 Å². The number of nitrogens with one attached hydrogen (secondary N) is 1. The molecule has 0 aliphatic heterocycles. The third kappa shape index (κ3) is 2.38. The summed E-state index contributed by atoms with van der Waals surface area (Å²) in [6.07, 6.45) is 1.72. The highest BCUT2D eigenvalue weighted by molar-refractivity contribution is 5.81. The number of aromatic nitrogens is 2.